The number of amides is 2. The third kappa shape index (κ3) is 5.19. The van der Waals surface area contributed by atoms with E-state index in [1.165, 1.54) is 6.42 Å². The molecule has 0 heterocycles. The molecule has 0 aliphatic heterocycles. The normalized spacial score (nSPS) is 14.6. The predicted molar refractivity (Wildman–Crippen MR) is 102 cm³/mol. The number of rotatable bonds is 5. The monoisotopic (exact) mass is 350 g/mol. The number of carbonyl (C=O) groups excluding carboxylic acids is 2. The van der Waals surface area contributed by atoms with Crippen molar-refractivity contribution in [1.82, 2.24) is 10.2 Å². The van der Waals surface area contributed by atoms with Gasteiger partial charge < -0.3 is 10.2 Å². The Morgan fingerprint density at radius 1 is 0.808 bits per heavy atom. The molecule has 0 bridgehead atoms. The van der Waals surface area contributed by atoms with Crippen LogP contribution in [0.15, 0.2) is 60.7 Å². The van der Waals surface area contributed by atoms with Crippen LogP contribution in [0.5, 0.6) is 0 Å². The lowest BCUT2D eigenvalue weighted by atomic mass is 9.95. The smallest absolute Gasteiger partial charge is 0.312 e. The lowest BCUT2D eigenvalue weighted by molar-refractivity contribution is -0.147. The summed E-state index contributed by atoms with van der Waals surface area (Å²) in [6.45, 7) is 0.847. The highest BCUT2D eigenvalue weighted by molar-refractivity contribution is 6.35. The van der Waals surface area contributed by atoms with Crippen LogP contribution < -0.4 is 5.32 Å². The number of nitrogens with one attached hydrogen (secondary N) is 1. The number of hydrogen-bond donors (Lipinski definition) is 1. The summed E-state index contributed by atoms with van der Waals surface area (Å²) in [5, 5.41) is 2.94. The summed E-state index contributed by atoms with van der Waals surface area (Å²) in [7, 11) is 0. The number of nitrogens with zero attached hydrogens (tertiary/aromatic N) is 1. The van der Waals surface area contributed by atoms with Crippen molar-refractivity contribution in [2.75, 3.05) is 0 Å². The molecule has 0 atom stereocenters. The van der Waals surface area contributed by atoms with Gasteiger partial charge in [-0.3, -0.25) is 9.59 Å². The van der Waals surface area contributed by atoms with E-state index in [1.54, 1.807) is 4.90 Å². The summed E-state index contributed by atoms with van der Waals surface area (Å²) in [6, 6.07) is 19.7. The molecule has 2 aromatic rings. The predicted octanol–water partition coefficient (Wildman–Crippen LogP) is 3.66. The summed E-state index contributed by atoms with van der Waals surface area (Å²) >= 11 is 0. The molecule has 1 aliphatic carbocycles. The highest BCUT2D eigenvalue weighted by atomic mass is 16.2. The number of benzene rings is 2. The minimum Gasteiger partial charge on any atom is -0.345 e. The lowest BCUT2D eigenvalue weighted by Gasteiger charge is -2.26. The largest absolute Gasteiger partial charge is 0.345 e. The zero-order chi connectivity index (χ0) is 18.2. The molecular formula is C22H26N2O2. The Morgan fingerprint density at radius 2 is 1.31 bits per heavy atom. The fourth-order valence-electron chi connectivity index (χ4n) is 3.44. The van der Waals surface area contributed by atoms with Gasteiger partial charge in [-0.25, -0.2) is 0 Å². The zero-order valence-corrected chi connectivity index (χ0v) is 15.1. The first-order valence-electron chi connectivity index (χ1n) is 9.40. The van der Waals surface area contributed by atoms with Gasteiger partial charge in [0.05, 0.1) is 0 Å². The second-order valence-corrected chi connectivity index (χ2v) is 6.94. The fourth-order valence-corrected chi connectivity index (χ4v) is 3.44. The molecule has 4 nitrogen and oxygen atoms in total. The Bertz CT molecular complexity index is 668. The SMILES string of the molecule is O=C(NC1CCCCC1)C(=O)N(Cc1ccccc1)Cc1ccccc1. The van der Waals surface area contributed by atoms with E-state index in [0.717, 1.165) is 36.8 Å². The lowest BCUT2D eigenvalue weighted by Crippen LogP contribution is -2.46. The van der Waals surface area contributed by atoms with Gasteiger partial charge in [-0.15, -0.1) is 0 Å². The average Bonchev–Trinajstić information content (AvgIpc) is 2.69. The first kappa shape index (κ1) is 18.2. The number of carbonyl (C=O) groups is 2. The fraction of sp³-hybridized carbons (Fsp3) is 0.364. The van der Waals surface area contributed by atoms with Crippen molar-refractivity contribution < 1.29 is 9.59 Å². The zero-order valence-electron chi connectivity index (χ0n) is 15.1. The highest BCUT2D eigenvalue weighted by Gasteiger charge is 2.25. The Balaban J connectivity index is 1.70. The molecular weight excluding hydrogens is 324 g/mol. The van der Waals surface area contributed by atoms with Gasteiger partial charge in [0.15, 0.2) is 0 Å². The Labute approximate surface area is 155 Å². The van der Waals surface area contributed by atoms with Crippen molar-refractivity contribution in [1.29, 1.82) is 0 Å². The molecule has 1 aliphatic rings. The van der Waals surface area contributed by atoms with Crippen LogP contribution in [0, 0.1) is 0 Å². The molecule has 1 fully saturated rings. The molecule has 0 aromatic heterocycles. The summed E-state index contributed by atoms with van der Waals surface area (Å²) in [4.78, 5) is 27.0. The minimum atomic E-state index is -0.483. The van der Waals surface area contributed by atoms with Crippen LogP contribution in [-0.4, -0.2) is 22.8 Å². The van der Waals surface area contributed by atoms with Crippen LogP contribution in [-0.2, 0) is 22.7 Å². The highest BCUT2D eigenvalue weighted by Crippen LogP contribution is 2.17. The van der Waals surface area contributed by atoms with E-state index in [2.05, 4.69) is 5.32 Å². The summed E-state index contributed by atoms with van der Waals surface area (Å²) < 4.78 is 0. The molecule has 26 heavy (non-hydrogen) atoms. The number of hydrogen-bond acceptors (Lipinski definition) is 2. The van der Waals surface area contributed by atoms with Crippen LogP contribution >= 0.6 is 0 Å². The van der Waals surface area contributed by atoms with Gasteiger partial charge in [0.25, 0.3) is 0 Å². The molecule has 0 spiro atoms. The van der Waals surface area contributed by atoms with E-state index < -0.39 is 11.8 Å². The summed E-state index contributed by atoms with van der Waals surface area (Å²) in [6.07, 6.45) is 5.40. The van der Waals surface area contributed by atoms with Crippen LogP contribution in [0.3, 0.4) is 0 Å². The second kappa shape index (κ2) is 9.18. The van der Waals surface area contributed by atoms with Gasteiger partial charge >= 0.3 is 11.8 Å². The Morgan fingerprint density at radius 3 is 1.81 bits per heavy atom. The maximum absolute atomic E-state index is 12.8. The Kier molecular flexibility index (Phi) is 6.42. The molecule has 4 heteroatoms. The molecule has 2 amide bonds. The van der Waals surface area contributed by atoms with Gasteiger partial charge in [0.1, 0.15) is 0 Å². The molecule has 0 unspecified atom stereocenters. The van der Waals surface area contributed by atoms with E-state index in [-0.39, 0.29) is 6.04 Å². The van der Waals surface area contributed by atoms with Gasteiger partial charge in [-0.1, -0.05) is 79.9 Å². The van der Waals surface area contributed by atoms with Gasteiger partial charge in [-0.05, 0) is 24.0 Å². The molecule has 136 valence electrons. The molecule has 0 radical (unpaired) electrons. The summed E-state index contributed by atoms with van der Waals surface area (Å²) in [5.41, 5.74) is 2.03. The van der Waals surface area contributed by atoms with Crippen molar-refractivity contribution in [2.45, 2.75) is 51.2 Å². The summed E-state index contributed by atoms with van der Waals surface area (Å²) in [5.74, 6) is -0.938. The van der Waals surface area contributed by atoms with Gasteiger partial charge in [0.2, 0.25) is 0 Å². The topological polar surface area (TPSA) is 49.4 Å². The van der Waals surface area contributed by atoms with Gasteiger partial charge in [0, 0.05) is 19.1 Å². The van der Waals surface area contributed by atoms with Crippen LogP contribution in [0.4, 0.5) is 0 Å². The third-order valence-corrected chi connectivity index (χ3v) is 4.85. The third-order valence-electron chi connectivity index (χ3n) is 4.85. The first-order chi connectivity index (χ1) is 12.7. The van der Waals surface area contributed by atoms with E-state index in [9.17, 15) is 9.59 Å². The average molecular weight is 350 g/mol. The van der Waals surface area contributed by atoms with Crippen LogP contribution in [0.25, 0.3) is 0 Å². The molecule has 0 saturated heterocycles. The van der Waals surface area contributed by atoms with Crippen molar-refractivity contribution >= 4 is 11.8 Å². The molecule has 3 rings (SSSR count). The van der Waals surface area contributed by atoms with Crippen molar-refractivity contribution in [3.05, 3.63) is 71.8 Å². The van der Waals surface area contributed by atoms with E-state index in [1.807, 2.05) is 60.7 Å². The quantitative estimate of drug-likeness (QED) is 0.837. The van der Waals surface area contributed by atoms with Crippen LogP contribution in [0.2, 0.25) is 0 Å². The maximum Gasteiger partial charge on any atom is 0.312 e. The van der Waals surface area contributed by atoms with Gasteiger partial charge in [-0.2, -0.15) is 0 Å². The van der Waals surface area contributed by atoms with E-state index in [0.29, 0.717) is 13.1 Å². The van der Waals surface area contributed by atoms with Crippen LogP contribution in [0.1, 0.15) is 43.2 Å². The van der Waals surface area contributed by atoms with Crippen molar-refractivity contribution in [3.63, 3.8) is 0 Å². The van der Waals surface area contributed by atoms with E-state index in [4.69, 9.17) is 0 Å². The van der Waals surface area contributed by atoms with Crippen molar-refractivity contribution in [2.24, 2.45) is 0 Å². The molecule has 1 saturated carbocycles. The molecule has 2 aromatic carbocycles. The standard InChI is InChI=1S/C22H26N2O2/c25-21(23-20-14-8-3-9-15-20)22(26)24(16-18-10-4-1-5-11-18)17-19-12-6-2-7-13-19/h1-2,4-7,10-13,20H,3,8-9,14-17H2,(H,23,25). The van der Waals surface area contributed by atoms with Crippen molar-refractivity contribution in [3.8, 4) is 0 Å². The maximum atomic E-state index is 12.8. The second-order valence-electron chi connectivity index (χ2n) is 6.94. The van der Waals surface area contributed by atoms with E-state index >= 15 is 0 Å². The Hall–Kier alpha value is -2.62. The molecule has 1 N–H and O–H groups in total. The minimum absolute atomic E-state index is 0.135. The first-order valence-corrected chi connectivity index (χ1v) is 9.40.